The van der Waals surface area contributed by atoms with Crippen molar-refractivity contribution in [3.05, 3.63) is 45.1 Å². The molecule has 0 atom stereocenters. The number of benzene rings is 1. The number of carbonyl (C=O) groups is 2. The minimum atomic E-state index is -0.921. The molecule has 1 aromatic heterocycles. The van der Waals surface area contributed by atoms with Crippen LogP contribution in [0.4, 0.5) is 10.1 Å². The fourth-order valence-corrected chi connectivity index (χ4v) is 2.37. The molecule has 0 bridgehead atoms. The number of nitrogens with zero attached hydrogens (tertiary/aromatic N) is 1. The van der Waals surface area contributed by atoms with Crippen LogP contribution < -0.4 is 10.6 Å². The van der Waals surface area contributed by atoms with E-state index in [1.807, 2.05) is 12.3 Å². The predicted octanol–water partition coefficient (Wildman–Crippen LogP) is 2.50. The first-order valence-corrected chi connectivity index (χ1v) is 7.16. The molecule has 2 rings (SSSR count). The lowest BCUT2D eigenvalue weighted by Crippen LogP contribution is -2.35. The van der Waals surface area contributed by atoms with Crippen LogP contribution in [0.2, 0.25) is 5.02 Å². The molecule has 5 nitrogen and oxygen atoms in total. The Balaban J connectivity index is 1.93. The van der Waals surface area contributed by atoms with Gasteiger partial charge >= 0.3 is 11.8 Å². The SMILES string of the molecule is Cc1csc(CNC(=O)C(=O)Nc2cc(F)ccc2Cl)n1. The van der Waals surface area contributed by atoms with Gasteiger partial charge in [0.2, 0.25) is 0 Å². The largest absolute Gasteiger partial charge is 0.341 e. The summed E-state index contributed by atoms with van der Waals surface area (Å²) in [6, 6.07) is 3.49. The molecular formula is C13H11ClFN3O2S. The molecule has 0 spiro atoms. The minimum Gasteiger partial charge on any atom is -0.341 e. The summed E-state index contributed by atoms with van der Waals surface area (Å²) in [5.41, 5.74) is 0.891. The third-order valence-electron chi connectivity index (χ3n) is 2.45. The summed E-state index contributed by atoms with van der Waals surface area (Å²) in [6.45, 7) is 1.99. The molecule has 0 aliphatic carbocycles. The third-order valence-corrected chi connectivity index (χ3v) is 3.75. The molecule has 0 aliphatic heterocycles. The standard InChI is InChI=1S/C13H11ClFN3O2S/c1-7-6-21-11(17-7)5-16-12(19)13(20)18-10-4-8(15)2-3-9(10)14/h2-4,6H,5H2,1H3,(H,16,19)(H,18,20). The molecular weight excluding hydrogens is 317 g/mol. The molecule has 1 heterocycles. The number of thiazole rings is 1. The molecule has 8 heteroatoms. The van der Waals surface area contributed by atoms with E-state index >= 15 is 0 Å². The predicted molar refractivity (Wildman–Crippen MR) is 78.7 cm³/mol. The normalized spacial score (nSPS) is 10.2. The van der Waals surface area contributed by atoms with Crippen molar-refractivity contribution in [3.8, 4) is 0 Å². The number of aryl methyl sites for hydroxylation is 1. The van der Waals surface area contributed by atoms with Gasteiger partial charge in [-0.15, -0.1) is 11.3 Å². The zero-order chi connectivity index (χ0) is 15.4. The van der Waals surface area contributed by atoms with E-state index in [2.05, 4.69) is 15.6 Å². The van der Waals surface area contributed by atoms with Crippen molar-refractivity contribution in [1.82, 2.24) is 10.3 Å². The van der Waals surface area contributed by atoms with Crippen molar-refractivity contribution >= 4 is 40.4 Å². The first-order valence-electron chi connectivity index (χ1n) is 5.91. The highest BCUT2D eigenvalue weighted by Crippen LogP contribution is 2.22. The average molecular weight is 328 g/mol. The van der Waals surface area contributed by atoms with Gasteiger partial charge in [-0.05, 0) is 25.1 Å². The Morgan fingerprint density at radius 1 is 1.38 bits per heavy atom. The number of carbonyl (C=O) groups excluding carboxylic acids is 2. The van der Waals surface area contributed by atoms with Crippen molar-refractivity contribution in [2.24, 2.45) is 0 Å². The Labute approximate surface area is 129 Å². The zero-order valence-electron chi connectivity index (χ0n) is 10.9. The first-order chi connectivity index (χ1) is 9.95. The molecule has 0 aliphatic rings. The number of nitrogens with one attached hydrogen (secondary N) is 2. The molecule has 2 aromatic rings. The van der Waals surface area contributed by atoms with E-state index in [0.29, 0.717) is 5.01 Å². The lowest BCUT2D eigenvalue weighted by Gasteiger charge is -2.07. The Hall–Kier alpha value is -1.99. The van der Waals surface area contributed by atoms with Crippen molar-refractivity contribution in [2.45, 2.75) is 13.5 Å². The van der Waals surface area contributed by atoms with Crippen molar-refractivity contribution in [2.75, 3.05) is 5.32 Å². The molecule has 21 heavy (non-hydrogen) atoms. The fraction of sp³-hybridized carbons (Fsp3) is 0.154. The molecule has 0 fully saturated rings. The molecule has 2 N–H and O–H groups in total. The molecule has 0 saturated heterocycles. The van der Waals surface area contributed by atoms with E-state index in [4.69, 9.17) is 11.6 Å². The Bertz CT molecular complexity index is 690. The number of hydrogen-bond donors (Lipinski definition) is 2. The average Bonchev–Trinajstić information content (AvgIpc) is 2.86. The van der Waals surface area contributed by atoms with Crippen LogP contribution in [0, 0.1) is 12.7 Å². The molecule has 0 unspecified atom stereocenters. The van der Waals surface area contributed by atoms with E-state index in [1.165, 1.54) is 17.4 Å². The number of halogens is 2. The Kier molecular flexibility index (Phi) is 4.87. The Morgan fingerprint density at radius 3 is 2.81 bits per heavy atom. The van der Waals surface area contributed by atoms with Crippen molar-refractivity contribution in [3.63, 3.8) is 0 Å². The highest BCUT2D eigenvalue weighted by molar-refractivity contribution is 7.09. The van der Waals surface area contributed by atoms with Gasteiger partial charge in [0.05, 0.1) is 17.3 Å². The van der Waals surface area contributed by atoms with Gasteiger partial charge in [0.1, 0.15) is 10.8 Å². The van der Waals surface area contributed by atoms with Crippen molar-refractivity contribution < 1.29 is 14.0 Å². The maximum atomic E-state index is 13.1. The zero-order valence-corrected chi connectivity index (χ0v) is 12.5. The summed E-state index contributed by atoms with van der Waals surface area (Å²) >= 11 is 7.18. The number of aromatic nitrogens is 1. The lowest BCUT2D eigenvalue weighted by atomic mass is 10.3. The van der Waals surface area contributed by atoms with Gasteiger partial charge in [-0.2, -0.15) is 0 Å². The smallest absolute Gasteiger partial charge is 0.313 e. The third kappa shape index (κ3) is 4.24. The Morgan fingerprint density at radius 2 is 2.14 bits per heavy atom. The van der Waals surface area contributed by atoms with Gasteiger partial charge in [-0.3, -0.25) is 9.59 Å². The molecule has 0 radical (unpaired) electrons. The van der Waals surface area contributed by atoms with Gasteiger partial charge in [0, 0.05) is 11.1 Å². The van der Waals surface area contributed by atoms with Gasteiger partial charge in [-0.1, -0.05) is 11.6 Å². The molecule has 110 valence electrons. The summed E-state index contributed by atoms with van der Waals surface area (Å²) in [7, 11) is 0. The van der Waals surface area contributed by atoms with Crippen LogP contribution in [0.5, 0.6) is 0 Å². The monoisotopic (exact) mass is 327 g/mol. The van der Waals surface area contributed by atoms with Gasteiger partial charge < -0.3 is 10.6 Å². The summed E-state index contributed by atoms with van der Waals surface area (Å²) in [4.78, 5) is 27.5. The second-order valence-corrected chi connectivity index (χ2v) is 5.49. The lowest BCUT2D eigenvalue weighted by molar-refractivity contribution is -0.136. The van der Waals surface area contributed by atoms with Crippen LogP contribution in [0.3, 0.4) is 0 Å². The number of rotatable bonds is 3. The van der Waals surface area contributed by atoms with E-state index < -0.39 is 17.6 Å². The van der Waals surface area contributed by atoms with Crippen LogP contribution in [0.15, 0.2) is 23.6 Å². The maximum Gasteiger partial charge on any atom is 0.313 e. The number of amides is 2. The van der Waals surface area contributed by atoms with Gasteiger partial charge in [0.25, 0.3) is 0 Å². The minimum absolute atomic E-state index is 0.0434. The van der Waals surface area contributed by atoms with Gasteiger partial charge in [-0.25, -0.2) is 9.37 Å². The summed E-state index contributed by atoms with van der Waals surface area (Å²) in [5, 5.41) is 7.36. The van der Waals surface area contributed by atoms with E-state index in [0.717, 1.165) is 17.8 Å². The van der Waals surface area contributed by atoms with E-state index in [9.17, 15) is 14.0 Å². The highest BCUT2D eigenvalue weighted by atomic mass is 35.5. The quantitative estimate of drug-likeness (QED) is 0.851. The van der Waals surface area contributed by atoms with Crippen LogP contribution in [0.25, 0.3) is 0 Å². The second-order valence-electron chi connectivity index (χ2n) is 4.14. The van der Waals surface area contributed by atoms with Crippen LogP contribution in [0.1, 0.15) is 10.7 Å². The van der Waals surface area contributed by atoms with Crippen LogP contribution in [-0.2, 0) is 16.1 Å². The highest BCUT2D eigenvalue weighted by Gasteiger charge is 2.15. The van der Waals surface area contributed by atoms with Gasteiger partial charge in [0.15, 0.2) is 0 Å². The number of anilines is 1. The van der Waals surface area contributed by atoms with E-state index in [1.54, 1.807) is 0 Å². The van der Waals surface area contributed by atoms with E-state index in [-0.39, 0.29) is 17.3 Å². The second kappa shape index (κ2) is 6.64. The first kappa shape index (κ1) is 15.4. The summed E-state index contributed by atoms with van der Waals surface area (Å²) in [5.74, 6) is -2.33. The summed E-state index contributed by atoms with van der Waals surface area (Å²) < 4.78 is 13.1. The maximum absolute atomic E-state index is 13.1. The molecule has 2 amide bonds. The number of hydrogen-bond acceptors (Lipinski definition) is 4. The van der Waals surface area contributed by atoms with Crippen LogP contribution >= 0.6 is 22.9 Å². The fourth-order valence-electron chi connectivity index (χ4n) is 1.49. The van der Waals surface area contributed by atoms with Crippen molar-refractivity contribution in [1.29, 1.82) is 0 Å². The van der Waals surface area contributed by atoms with Crippen LogP contribution in [-0.4, -0.2) is 16.8 Å². The molecule has 1 aromatic carbocycles. The summed E-state index contributed by atoms with van der Waals surface area (Å²) in [6.07, 6.45) is 0. The topological polar surface area (TPSA) is 71.1 Å². The molecule has 0 saturated carbocycles.